The maximum atomic E-state index is 5.98. The molecule has 1 N–H and O–H groups in total. The Balaban J connectivity index is 1.65. The van der Waals surface area contributed by atoms with Gasteiger partial charge in [0.15, 0.2) is 0 Å². The van der Waals surface area contributed by atoms with Crippen molar-refractivity contribution < 1.29 is 0 Å². The van der Waals surface area contributed by atoms with Crippen LogP contribution in [-0.4, -0.2) is 9.78 Å². The summed E-state index contributed by atoms with van der Waals surface area (Å²) in [4.78, 5) is 1.22. The lowest BCUT2D eigenvalue weighted by atomic mass is 10.2. The maximum Gasteiger partial charge on any atom is 0.0932 e. The van der Waals surface area contributed by atoms with E-state index in [0.29, 0.717) is 0 Å². The van der Waals surface area contributed by atoms with Crippen LogP contribution in [-0.2, 0) is 6.54 Å². The zero-order chi connectivity index (χ0) is 14.7. The molecule has 0 aliphatic rings. The number of hydrogen-bond donors (Lipinski definition) is 1. The zero-order valence-electron chi connectivity index (χ0n) is 11.7. The van der Waals surface area contributed by atoms with Crippen molar-refractivity contribution in [1.82, 2.24) is 9.78 Å². The van der Waals surface area contributed by atoms with Gasteiger partial charge in [-0.15, -0.1) is 11.3 Å². The lowest BCUT2D eigenvalue weighted by molar-refractivity contribution is 0.687. The fraction of sp³-hybridized carbons (Fsp3) is 0.188. The second-order valence-corrected chi connectivity index (χ2v) is 6.67. The summed E-state index contributed by atoms with van der Waals surface area (Å²) in [5.41, 5.74) is 2.26. The molecule has 0 aliphatic carbocycles. The maximum absolute atomic E-state index is 5.98. The highest BCUT2D eigenvalue weighted by atomic mass is 35.5. The van der Waals surface area contributed by atoms with E-state index in [0.717, 1.165) is 16.6 Å². The molecule has 0 fully saturated rings. The molecule has 0 spiro atoms. The Kier molecular flexibility index (Phi) is 4.27. The molecule has 5 heteroatoms. The van der Waals surface area contributed by atoms with Crippen LogP contribution in [0.25, 0.3) is 0 Å². The number of rotatable bonds is 5. The first kappa shape index (κ1) is 14.2. The SMILES string of the molecule is CC(Nc1cnn(Cc2ccccc2)c1)c1ccc(Cl)s1. The monoisotopic (exact) mass is 317 g/mol. The van der Waals surface area contributed by atoms with Crippen LogP contribution in [0, 0.1) is 0 Å². The van der Waals surface area contributed by atoms with Crippen LogP contribution in [0.1, 0.15) is 23.4 Å². The van der Waals surface area contributed by atoms with Gasteiger partial charge >= 0.3 is 0 Å². The highest BCUT2D eigenvalue weighted by Crippen LogP contribution is 2.28. The van der Waals surface area contributed by atoms with Crippen LogP contribution >= 0.6 is 22.9 Å². The van der Waals surface area contributed by atoms with Gasteiger partial charge in [0.25, 0.3) is 0 Å². The Morgan fingerprint density at radius 1 is 1.24 bits per heavy atom. The Bertz CT molecular complexity index is 705. The molecule has 21 heavy (non-hydrogen) atoms. The Morgan fingerprint density at radius 2 is 2.05 bits per heavy atom. The third-order valence-corrected chi connectivity index (χ3v) is 4.64. The van der Waals surface area contributed by atoms with Crippen molar-refractivity contribution in [1.29, 1.82) is 0 Å². The molecule has 3 nitrogen and oxygen atoms in total. The summed E-state index contributed by atoms with van der Waals surface area (Å²) in [5, 5.41) is 7.84. The van der Waals surface area contributed by atoms with Gasteiger partial charge in [0.1, 0.15) is 0 Å². The second-order valence-electron chi connectivity index (χ2n) is 4.92. The molecule has 0 saturated carbocycles. The highest BCUT2D eigenvalue weighted by molar-refractivity contribution is 7.16. The molecule has 0 bridgehead atoms. The van der Waals surface area contributed by atoms with Crippen molar-refractivity contribution in [3.05, 3.63) is 69.6 Å². The minimum absolute atomic E-state index is 0.219. The number of aromatic nitrogens is 2. The van der Waals surface area contributed by atoms with Crippen molar-refractivity contribution in [2.75, 3.05) is 5.32 Å². The number of nitrogens with one attached hydrogen (secondary N) is 1. The normalized spacial score (nSPS) is 12.3. The Labute approximate surface area is 133 Å². The molecule has 0 aliphatic heterocycles. The van der Waals surface area contributed by atoms with Crippen LogP contribution in [0.3, 0.4) is 0 Å². The highest BCUT2D eigenvalue weighted by Gasteiger charge is 2.09. The van der Waals surface area contributed by atoms with Gasteiger partial charge in [0.05, 0.1) is 28.8 Å². The van der Waals surface area contributed by atoms with Crippen LogP contribution in [0.5, 0.6) is 0 Å². The summed E-state index contributed by atoms with van der Waals surface area (Å²) in [6.45, 7) is 2.90. The van der Waals surface area contributed by atoms with E-state index in [9.17, 15) is 0 Å². The first-order chi connectivity index (χ1) is 10.2. The molecular weight excluding hydrogens is 302 g/mol. The predicted molar refractivity (Wildman–Crippen MR) is 89.1 cm³/mol. The van der Waals surface area contributed by atoms with Gasteiger partial charge in [-0.05, 0) is 24.6 Å². The van der Waals surface area contributed by atoms with E-state index in [4.69, 9.17) is 11.6 Å². The van der Waals surface area contributed by atoms with E-state index in [1.54, 1.807) is 11.3 Å². The van der Waals surface area contributed by atoms with Crippen LogP contribution in [0.2, 0.25) is 4.34 Å². The van der Waals surface area contributed by atoms with Gasteiger partial charge in [0, 0.05) is 11.1 Å². The lowest BCUT2D eigenvalue weighted by Crippen LogP contribution is -2.04. The average Bonchev–Trinajstić information content (AvgIpc) is 3.09. The molecule has 1 atom stereocenters. The van der Waals surface area contributed by atoms with Crippen molar-refractivity contribution in [2.24, 2.45) is 0 Å². The predicted octanol–water partition coefficient (Wildman–Crippen LogP) is 4.82. The third-order valence-electron chi connectivity index (χ3n) is 3.22. The van der Waals surface area contributed by atoms with E-state index >= 15 is 0 Å². The summed E-state index contributed by atoms with van der Waals surface area (Å²) in [6, 6.07) is 14.5. The number of nitrogens with zero attached hydrogens (tertiary/aromatic N) is 2. The molecular formula is C16H16ClN3S. The molecule has 0 radical (unpaired) electrons. The third kappa shape index (κ3) is 3.65. The van der Waals surface area contributed by atoms with E-state index in [-0.39, 0.29) is 6.04 Å². The minimum Gasteiger partial charge on any atom is -0.375 e. The summed E-state index contributed by atoms with van der Waals surface area (Å²) < 4.78 is 2.75. The first-order valence-corrected chi connectivity index (χ1v) is 7.98. The molecule has 0 amide bonds. The number of thiophene rings is 1. The van der Waals surface area contributed by atoms with Crippen molar-refractivity contribution in [2.45, 2.75) is 19.5 Å². The molecule has 3 rings (SSSR count). The molecule has 1 unspecified atom stereocenters. The van der Waals surface area contributed by atoms with Crippen LogP contribution in [0.4, 0.5) is 5.69 Å². The van der Waals surface area contributed by atoms with E-state index in [2.05, 4.69) is 35.5 Å². The quantitative estimate of drug-likeness (QED) is 0.731. The first-order valence-electron chi connectivity index (χ1n) is 6.79. The van der Waals surface area contributed by atoms with Gasteiger partial charge in [-0.1, -0.05) is 41.9 Å². The van der Waals surface area contributed by atoms with Gasteiger partial charge in [-0.25, -0.2) is 0 Å². The summed E-state index contributed by atoms with van der Waals surface area (Å²) in [6.07, 6.45) is 3.88. The Hall–Kier alpha value is -1.78. The minimum atomic E-state index is 0.219. The number of halogens is 1. The fourth-order valence-electron chi connectivity index (χ4n) is 2.18. The number of hydrogen-bond acceptors (Lipinski definition) is 3. The standard InChI is InChI=1S/C16H16ClN3S/c1-12(15-7-8-16(17)21-15)19-14-9-18-20(11-14)10-13-5-3-2-4-6-13/h2-9,11-12,19H,10H2,1H3. The second kappa shape index (κ2) is 6.33. The van der Waals surface area contributed by atoms with Crippen molar-refractivity contribution in [3.8, 4) is 0 Å². The Morgan fingerprint density at radius 3 is 2.76 bits per heavy atom. The van der Waals surface area contributed by atoms with Gasteiger partial charge in [0.2, 0.25) is 0 Å². The summed E-state index contributed by atoms with van der Waals surface area (Å²) in [7, 11) is 0. The zero-order valence-corrected chi connectivity index (χ0v) is 13.2. The van der Waals surface area contributed by atoms with Crippen molar-refractivity contribution in [3.63, 3.8) is 0 Å². The van der Waals surface area contributed by atoms with Crippen LogP contribution in [0.15, 0.2) is 54.9 Å². The molecule has 3 aromatic rings. The largest absolute Gasteiger partial charge is 0.375 e. The summed E-state index contributed by atoms with van der Waals surface area (Å²) in [5.74, 6) is 0. The van der Waals surface area contributed by atoms with Gasteiger partial charge in [-0.3, -0.25) is 4.68 Å². The number of anilines is 1. The summed E-state index contributed by atoms with van der Waals surface area (Å²) >= 11 is 7.58. The molecule has 0 saturated heterocycles. The van der Waals surface area contributed by atoms with Gasteiger partial charge < -0.3 is 5.32 Å². The molecule has 108 valence electrons. The molecule has 2 aromatic heterocycles. The van der Waals surface area contributed by atoms with Gasteiger partial charge in [-0.2, -0.15) is 5.10 Å². The van der Waals surface area contributed by atoms with E-state index in [1.807, 2.05) is 41.3 Å². The molecule has 2 heterocycles. The topological polar surface area (TPSA) is 29.9 Å². The van der Waals surface area contributed by atoms with E-state index < -0.39 is 0 Å². The van der Waals surface area contributed by atoms with Crippen molar-refractivity contribution >= 4 is 28.6 Å². The van der Waals surface area contributed by atoms with Crippen LogP contribution < -0.4 is 5.32 Å². The smallest absolute Gasteiger partial charge is 0.0932 e. The molecule has 1 aromatic carbocycles. The average molecular weight is 318 g/mol. The lowest BCUT2D eigenvalue weighted by Gasteiger charge is -2.11. The fourth-order valence-corrected chi connectivity index (χ4v) is 3.24. The van der Waals surface area contributed by atoms with E-state index in [1.165, 1.54) is 10.4 Å². The number of benzene rings is 1.